The van der Waals surface area contributed by atoms with Gasteiger partial charge in [-0.3, -0.25) is 0 Å². The molecule has 1 aromatic carbocycles. The SMILES string of the molecule is COc1ccc2c(C(C)(C)C)nc(-c3noc(C)n3)cc2c1. The standard InChI is InChI=1S/C17H19N3O2/c1-10-18-16(20-22-10)14-9-11-8-12(21-5)6-7-13(11)15(19-14)17(2,3)4/h6-9H,1-5H3. The van der Waals surface area contributed by atoms with E-state index in [0.717, 1.165) is 22.2 Å². The molecular formula is C17H19N3O2. The number of ether oxygens (including phenoxy) is 1. The average molecular weight is 297 g/mol. The molecule has 0 unspecified atom stereocenters. The number of fused-ring (bicyclic) bond motifs is 1. The predicted octanol–water partition coefficient (Wildman–Crippen LogP) is 3.90. The van der Waals surface area contributed by atoms with Gasteiger partial charge in [-0.15, -0.1) is 0 Å². The van der Waals surface area contributed by atoms with E-state index in [-0.39, 0.29) is 5.41 Å². The van der Waals surface area contributed by atoms with Gasteiger partial charge < -0.3 is 9.26 Å². The van der Waals surface area contributed by atoms with Crippen LogP contribution in [0.3, 0.4) is 0 Å². The fourth-order valence-electron chi connectivity index (χ4n) is 2.45. The van der Waals surface area contributed by atoms with Crippen LogP contribution in [0.25, 0.3) is 22.3 Å². The van der Waals surface area contributed by atoms with Crippen molar-refractivity contribution in [2.75, 3.05) is 7.11 Å². The fraction of sp³-hybridized carbons (Fsp3) is 0.353. The summed E-state index contributed by atoms with van der Waals surface area (Å²) in [5.74, 6) is 1.85. The molecule has 0 bridgehead atoms. The topological polar surface area (TPSA) is 61.0 Å². The van der Waals surface area contributed by atoms with Crippen molar-refractivity contribution in [1.29, 1.82) is 0 Å². The normalized spacial score (nSPS) is 11.9. The van der Waals surface area contributed by atoms with Gasteiger partial charge >= 0.3 is 0 Å². The lowest BCUT2D eigenvalue weighted by molar-refractivity contribution is 0.394. The van der Waals surface area contributed by atoms with Crippen LogP contribution in [0, 0.1) is 6.92 Å². The van der Waals surface area contributed by atoms with Crippen molar-refractivity contribution in [2.45, 2.75) is 33.1 Å². The molecule has 5 nitrogen and oxygen atoms in total. The Balaban J connectivity index is 2.30. The van der Waals surface area contributed by atoms with Crippen molar-refractivity contribution in [1.82, 2.24) is 15.1 Å². The van der Waals surface area contributed by atoms with Crippen molar-refractivity contribution in [3.05, 3.63) is 35.9 Å². The Bertz CT molecular complexity index is 832. The molecule has 22 heavy (non-hydrogen) atoms. The zero-order valence-corrected chi connectivity index (χ0v) is 13.5. The number of benzene rings is 1. The lowest BCUT2D eigenvalue weighted by Gasteiger charge is -2.21. The highest BCUT2D eigenvalue weighted by molar-refractivity contribution is 5.89. The Hall–Kier alpha value is -2.43. The third-order valence-electron chi connectivity index (χ3n) is 3.51. The molecule has 5 heteroatoms. The number of rotatable bonds is 2. The smallest absolute Gasteiger partial charge is 0.223 e. The van der Waals surface area contributed by atoms with Crippen molar-refractivity contribution < 1.29 is 9.26 Å². The second-order valence-electron chi connectivity index (χ2n) is 6.33. The summed E-state index contributed by atoms with van der Waals surface area (Å²) in [5, 5.41) is 6.14. The molecule has 0 aliphatic rings. The van der Waals surface area contributed by atoms with Crippen LogP contribution in [-0.4, -0.2) is 22.2 Å². The molecule has 114 valence electrons. The predicted molar refractivity (Wildman–Crippen MR) is 85.0 cm³/mol. The minimum Gasteiger partial charge on any atom is -0.497 e. The molecule has 0 aliphatic heterocycles. The maximum atomic E-state index is 5.33. The number of aromatic nitrogens is 3. The molecule has 0 fully saturated rings. The quantitative estimate of drug-likeness (QED) is 0.718. The molecule has 0 saturated carbocycles. The van der Waals surface area contributed by atoms with Gasteiger partial charge in [-0.05, 0) is 29.7 Å². The highest BCUT2D eigenvalue weighted by atomic mass is 16.5. The van der Waals surface area contributed by atoms with Gasteiger partial charge in [0.25, 0.3) is 0 Å². The maximum absolute atomic E-state index is 5.33. The van der Waals surface area contributed by atoms with E-state index in [1.54, 1.807) is 14.0 Å². The molecule has 3 rings (SSSR count). The Labute approximate surface area is 129 Å². The first-order chi connectivity index (χ1) is 10.4. The van der Waals surface area contributed by atoms with E-state index in [4.69, 9.17) is 14.2 Å². The average Bonchev–Trinajstić information content (AvgIpc) is 2.91. The molecule has 2 aromatic heterocycles. The summed E-state index contributed by atoms with van der Waals surface area (Å²) in [5.41, 5.74) is 1.62. The van der Waals surface area contributed by atoms with Crippen molar-refractivity contribution >= 4 is 10.8 Å². The van der Waals surface area contributed by atoms with Gasteiger partial charge in [0.1, 0.15) is 11.4 Å². The Morgan fingerprint density at radius 1 is 1.09 bits per heavy atom. The molecule has 0 N–H and O–H groups in total. The summed E-state index contributed by atoms with van der Waals surface area (Å²) in [6.07, 6.45) is 0. The van der Waals surface area contributed by atoms with E-state index in [2.05, 4.69) is 30.9 Å². The lowest BCUT2D eigenvalue weighted by atomic mass is 9.88. The van der Waals surface area contributed by atoms with E-state index < -0.39 is 0 Å². The van der Waals surface area contributed by atoms with Gasteiger partial charge in [0.15, 0.2) is 0 Å². The second kappa shape index (κ2) is 5.09. The van der Waals surface area contributed by atoms with Crippen LogP contribution >= 0.6 is 0 Å². The third kappa shape index (κ3) is 2.54. The van der Waals surface area contributed by atoms with E-state index in [0.29, 0.717) is 17.4 Å². The van der Waals surface area contributed by atoms with Gasteiger partial charge in [0.2, 0.25) is 11.7 Å². The molecule has 0 radical (unpaired) electrons. The summed E-state index contributed by atoms with van der Waals surface area (Å²) < 4.78 is 10.4. The van der Waals surface area contributed by atoms with Crippen molar-refractivity contribution in [3.8, 4) is 17.3 Å². The highest BCUT2D eigenvalue weighted by Crippen LogP contribution is 2.33. The molecule has 0 aliphatic carbocycles. The Morgan fingerprint density at radius 3 is 2.45 bits per heavy atom. The van der Waals surface area contributed by atoms with Crippen LogP contribution in [-0.2, 0) is 5.41 Å². The first-order valence-corrected chi connectivity index (χ1v) is 7.18. The molecule has 0 amide bonds. The molecule has 3 aromatic rings. The van der Waals surface area contributed by atoms with Crippen LogP contribution in [0.2, 0.25) is 0 Å². The number of methoxy groups -OCH3 is 1. The van der Waals surface area contributed by atoms with Crippen LogP contribution in [0.5, 0.6) is 5.75 Å². The van der Waals surface area contributed by atoms with E-state index >= 15 is 0 Å². The number of hydrogen-bond acceptors (Lipinski definition) is 5. The first-order valence-electron chi connectivity index (χ1n) is 7.18. The Morgan fingerprint density at radius 2 is 1.86 bits per heavy atom. The molecular weight excluding hydrogens is 278 g/mol. The summed E-state index contributed by atoms with van der Waals surface area (Å²) >= 11 is 0. The summed E-state index contributed by atoms with van der Waals surface area (Å²) in [7, 11) is 1.66. The largest absolute Gasteiger partial charge is 0.497 e. The second-order valence-corrected chi connectivity index (χ2v) is 6.33. The first kappa shape index (κ1) is 14.5. The molecule has 0 atom stereocenters. The summed E-state index contributed by atoms with van der Waals surface area (Å²) in [4.78, 5) is 9.07. The highest BCUT2D eigenvalue weighted by Gasteiger charge is 2.21. The number of hydrogen-bond donors (Lipinski definition) is 0. The molecule has 0 spiro atoms. The summed E-state index contributed by atoms with van der Waals surface area (Å²) in [6.45, 7) is 8.20. The van der Waals surface area contributed by atoms with Crippen LogP contribution < -0.4 is 4.74 Å². The van der Waals surface area contributed by atoms with Crippen molar-refractivity contribution in [2.24, 2.45) is 0 Å². The zero-order valence-electron chi connectivity index (χ0n) is 13.5. The van der Waals surface area contributed by atoms with Gasteiger partial charge in [0.05, 0.1) is 12.8 Å². The third-order valence-corrected chi connectivity index (χ3v) is 3.51. The fourth-order valence-corrected chi connectivity index (χ4v) is 2.45. The minimum absolute atomic E-state index is 0.0956. The minimum atomic E-state index is -0.0956. The van der Waals surface area contributed by atoms with Crippen LogP contribution in [0.15, 0.2) is 28.8 Å². The number of aryl methyl sites for hydroxylation is 1. The van der Waals surface area contributed by atoms with Gasteiger partial charge in [-0.1, -0.05) is 25.9 Å². The van der Waals surface area contributed by atoms with E-state index in [1.807, 2.05) is 24.3 Å². The van der Waals surface area contributed by atoms with Crippen molar-refractivity contribution in [3.63, 3.8) is 0 Å². The van der Waals surface area contributed by atoms with Crippen LogP contribution in [0.1, 0.15) is 32.4 Å². The van der Waals surface area contributed by atoms with Gasteiger partial charge in [0, 0.05) is 17.7 Å². The van der Waals surface area contributed by atoms with Gasteiger partial charge in [-0.25, -0.2) is 4.98 Å². The number of pyridine rings is 1. The van der Waals surface area contributed by atoms with Gasteiger partial charge in [-0.2, -0.15) is 4.98 Å². The zero-order chi connectivity index (χ0) is 15.9. The Kier molecular flexibility index (Phi) is 3.35. The summed E-state index contributed by atoms with van der Waals surface area (Å²) in [6, 6.07) is 7.98. The monoisotopic (exact) mass is 297 g/mol. The van der Waals surface area contributed by atoms with Crippen LogP contribution in [0.4, 0.5) is 0 Å². The maximum Gasteiger partial charge on any atom is 0.223 e. The lowest BCUT2D eigenvalue weighted by Crippen LogP contribution is -2.14. The van der Waals surface area contributed by atoms with E-state index in [9.17, 15) is 0 Å². The molecule has 0 saturated heterocycles. The molecule has 2 heterocycles. The number of nitrogens with zero attached hydrogens (tertiary/aromatic N) is 3. The van der Waals surface area contributed by atoms with E-state index in [1.165, 1.54) is 0 Å².